The summed E-state index contributed by atoms with van der Waals surface area (Å²) in [5, 5.41) is 9.47. The number of fused-ring (bicyclic) bond motifs is 6. The molecule has 7 nitrogen and oxygen atoms in total. The summed E-state index contributed by atoms with van der Waals surface area (Å²) in [6.07, 6.45) is -0.918. The number of halogens is 4. The number of nitrogens with zero attached hydrogens (tertiary/aromatic N) is 3. The lowest BCUT2D eigenvalue weighted by Gasteiger charge is -2.15. The Morgan fingerprint density at radius 1 is 0.944 bits per heavy atom. The largest absolute Gasteiger partial charge is 0.433 e. The van der Waals surface area contributed by atoms with Crippen molar-refractivity contribution in [3.05, 3.63) is 94.4 Å². The summed E-state index contributed by atoms with van der Waals surface area (Å²) in [7, 11) is 0. The van der Waals surface area contributed by atoms with E-state index in [1.807, 2.05) is 30.3 Å². The molecule has 2 aromatic heterocycles. The Balaban J connectivity index is 1.47. The van der Waals surface area contributed by atoms with Crippen molar-refractivity contribution < 1.29 is 18.0 Å². The van der Waals surface area contributed by atoms with Gasteiger partial charge in [-0.1, -0.05) is 23.7 Å². The Bertz CT molecular complexity index is 1440. The molecule has 0 radical (unpaired) electrons. The van der Waals surface area contributed by atoms with Crippen molar-refractivity contribution >= 4 is 46.3 Å². The lowest BCUT2D eigenvalue weighted by molar-refractivity contribution is -0.141. The SMILES string of the molecule is O=C(Nc1ccc2cc1CCc1cccc(c1)Nc1ncc(Cl)c(n1)N2)c1ccc(C(F)(F)F)nc1. The number of anilines is 5. The minimum atomic E-state index is -4.58. The molecular formula is C25H18ClF3N6O. The molecule has 3 heterocycles. The van der Waals surface area contributed by atoms with Crippen molar-refractivity contribution in [2.24, 2.45) is 0 Å². The third kappa shape index (κ3) is 5.23. The summed E-state index contributed by atoms with van der Waals surface area (Å²) >= 11 is 6.29. The topological polar surface area (TPSA) is 91.8 Å². The molecule has 0 unspecified atom stereocenters. The Hall–Kier alpha value is -4.18. The van der Waals surface area contributed by atoms with Crippen LogP contribution < -0.4 is 16.0 Å². The zero-order valence-electron chi connectivity index (χ0n) is 18.5. The van der Waals surface area contributed by atoms with E-state index in [9.17, 15) is 18.0 Å². The fraction of sp³-hybridized carbons (Fsp3) is 0.120. The molecule has 0 atom stereocenters. The van der Waals surface area contributed by atoms with Crippen LogP contribution in [0, 0.1) is 0 Å². The van der Waals surface area contributed by atoms with E-state index in [2.05, 4.69) is 30.9 Å². The van der Waals surface area contributed by atoms with Gasteiger partial charge in [-0.3, -0.25) is 9.78 Å². The fourth-order valence-corrected chi connectivity index (χ4v) is 3.89. The Morgan fingerprint density at radius 2 is 1.78 bits per heavy atom. The molecule has 182 valence electrons. The quantitative estimate of drug-likeness (QED) is 0.290. The molecule has 5 rings (SSSR count). The monoisotopic (exact) mass is 510 g/mol. The summed E-state index contributed by atoms with van der Waals surface area (Å²) in [4.78, 5) is 24.8. The number of hydrogen-bond acceptors (Lipinski definition) is 6. The van der Waals surface area contributed by atoms with Gasteiger partial charge in [0.25, 0.3) is 5.91 Å². The number of amides is 1. The first kappa shape index (κ1) is 23.6. The minimum Gasteiger partial charge on any atom is -0.339 e. The third-order valence-corrected chi connectivity index (χ3v) is 5.82. The molecule has 11 heteroatoms. The van der Waals surface area contributed by atoms with Crippen LogP contribution in [-0.2, 0) is 19.0 Å². The molecule has 0 spiro atoms. The molecule has 1 aliphatic heterocycles. The van der Waals surface area contributed by atoms with Crippen molar-refractivity contribution in [2.45, 2.75) is 19.0 Å². The van der Waals surface area contributed by atoms with E-state index in [4.69, 9.17) is 11.6 Å². The van der Waals surface area contributed by atoms with Crippen LogP contribution in [0.2, 0.25) is 5.02 Å². The van der Waals surface area contributed by atoms with E-state index < -0.39 is 17.8 Å². The summed E-state index contributed by atoms with van der Waals surface area (Å²) in [5.74, 6) is 0.224. The predicted octanol–water partition coefficient (Wildman–Crippen LogP) is 6.38. The van der Waals surface area contributed by atoms with Gasteiger partial charge >= 0.3 is 6.18 Å². The molecule has 6 bridgehead atoms. The molecular weight excluding hydrogens is 493 g/mol. The van der Waals surface area contributed by atoms with E-state index in [1.165, 1.54) is 6.20 Å². The van der Waals surface area contributed by atoms with Gasteiger partial charge in [0, 0.05) is 23.3 Å². The highest BCUT2D eigenvalue weighted by Gasteiger charge is 2.32. The number of aryl methyl sites for hydroxylation is 2. The number of benzene rings is 2. The van der Waals surface area contributed by atoms with E-state index in [-0.39, 0.29) is 5.56 Å². The maximum absolute atomic E-state index is 12.8. The van der Waals surface area contributed by atoms with Gasteiger partial charge in [-0.15, -0.1) is 0 Å². The molecule has 0 saturated heterocycles. The maximum atomic E-state index is 12.8. The predicted molar refractivity (Wildman–Crippen MR) is 131 cm³/mol. The van der Waals surface area contributed by atoms with Crippen LogP contribution >= 0.6 is 11.6 Å². The van der Waals surface area contributed by atoms with Crippen molar-refractivity contribution in [2.75, 3.05) is 16.0 Å². The van der Waals surface area contributed by atoms with Crippen molar-refractivity contribution in [3.8, 4) is 0 Å². The van der Waals surface area contributed by atoms with Crippen LogP contribution in [0.4, 0.5) is 42.0 Å². The van der Waals surface area contributed by atoms with E-state index in [0.29, 0.717) is 41.0 Å². The smallest absolute Gasteiger partial charge is 0.339 e. The second-order valence-electron chi connectivity index (χ2n) is 8.10. The lowest BCUT2D eigenvalue weighted by Crippen LogP contribution is -2.15. The number of rotatable bonds is 2. The first-order valence-corrected chi connectivity index (χ1v) is 11.3. The van der Waals surface area contributed by atoms with Gasteiger partial charge < -0.3 is 16.0 Å². The van der Waals surface area contributed by atoms with Gasteiger partial charge in [0.05, 0.1) is 11.8 Å². The van der Waals surface area contributed by atoms with Crippen molar-refractivity contribution in [1.29, 1.82) is 0 Å². The molecule has 0 aliphatic carbocycles. The maximum Gasteiger partial charge on any atom is 0.433 e. The Kier molecular flexibility index (Phi) is 6.19. The number of pyridine rings is 1. The molecule has 0 fully saturated rings. The normalized spacial score (nSPS) is 12.8. The standard InChI is InChI=1S/C25H18ClF3N6O/c26-19-13-31-24-33-17-3-1-2-14(10-17)4-5-15-11-18(32-22(19)35-24)7-8-20(15)34-23(36)16-6-9-21(30-12-16)25(27,28)29/h1-3,6-13H,4-5H2,(H,34,36)(H2,31,32,33,35). The van der Waals surface area contributed by atoms with Gasteiger partial charge in [-0.05, 0) is 66.4 Å². The molecule has 36 heavy (non-hydrogen) atoms. The van der Waals surface area contributed by atoms with Gasteiger partial charge in [0.2, 0.25) is 5.95 Å². The lowest BCUT2D eigenvalue weighted by atomic mass is 10.0. The van der Waals surface area contributed by atoms with Gasteiger partial charge in [0.1, 0.15) is 10.7 Å². The number of carbonyl (C=O) groups is 1. The van der Waals surface area contributed by atoms with Crippen LogP contribution in [0.25, 0.3) is 0 Å². The molecule has 2 aromatic carbocycles. The first-order chi connectivity index (χ1) is 17.2. The highest BCUT2D eigenvalue weighted by molar-refractivity contribution is 6.32. The van der Waals surface area contributed by atoms with E-state index >= 15 is 0 Å². The second kappa shape index (κ2) is 9.46. The molecule has 3 N–H and O–H groups in total. The number of aromatic nitrogens is 3. The zero-order valence-corrected chi connectivity index (χ0v) is 19.3. The van der Waals surface area contributed by atoms with Gasteiger partial charge in [-0.25, -0.2) is 4.98 Å². The van der Waals surface area contributed by atoms with Crippen molar-refractivity contribution in [1.82, 2.24) is 15.0 Å². The number of hydrogen-bond donors (Lipinski definition) is 3. The first-order valence-electron chi connectivity index (χ1n) is 10.9. The van der Waals surface area contributed by atoms with Crippen LogP contribution in [0.5, 0.6) is 0 Å². The highest BCUT2D eigenvalue weighted by Crippen LogP contribution is 2.30. The number of nitrogens with one attached hydrogen (secondary N) is 3. The van der Waals surface area contributed by atoms with Crippen LogP contribution in [0.1, 0.15) is 27.2 Å². The molecule has 0 saturated carbocycles. The second-order valence-corrected chi connectivity index (χ2v) is 8.50. The van der Waals surface area contributed by atoms with Crippen LogP contribution in [0.3, 0.4) is 0 Å². The van der Waals surface area contributed by atoms with Crippen molar-refractivity contribution in [3.63, 3.8) is 0 Å². The highest BCUT2D eigenvalue weighted by atomic mass is 35.5. The minimum absolute atomic E-state index is 0.0149. The molecule has 1 amide bonds. The third-order valence-electron chi connectivity index (χ3n) is 5.54. The Labute approximate surface area is 208 Å². The fourth-order valence-electron chi connectivity index (χ4n) is 3.76. The van der Waals surface area contributed by atoms with Crippen LogP contribution in [0.15, 0.2) is 67.0 Å². The number of alkyl halides is 3. The van der Waals surface area contributed by atoms with Gasteiger partial charge in [0.15, 0.2) is 5.82 Å². The average molecular weight is 511 g/mol. The van der Waals surface area contributed by atoms with Crippen LogP contribution in [-0.4, -0.2) is 20.9 Å². The van der Waals surface area contributed by atoms with E-state index in [0.717, 1.165) is 35.1 Å². The number of carbonyl (C=O) groups excluding carboxylic acids is 1. The average Bonchev–Trinajstić information content (AvgIpc) is 2.86. The molecule has 1 aliphatic rings. The molecule has 4 aromatic rings. The summed E-state index contributed by atoms with van der Waals surface area (Å²) < 4.78 is 38.4. The summed E-state index contributed by atoms with van der Waals surface area (Å²) in [6.45, 7) is 0. The summed E-state index contributed by atoms with van der Waals surface area (Å²) in [6, 6.07) is 15.0. The Morgan fingerprint density at radius 3 is 2.56 bits per heavy atom. The van der Waals surface area contributed by atoms with Gasteiger partial charge in [-0.2, -0.15) is 18.2 Å². The van der Waals surface area contributed by atoms with E-state index in [1.54, 1.807) is 12.1 Å². The zero-order chi connectivity index (χ0) is 25.3. The summed E-state index contributed by atoms with van der Waals surface area (Å²) in [5.41, 5.74) is 2.86.